The van der Waals surface area contributed by atoms with Gasteiger partial charge in [0.15, 0.2) is 0 Å². The number of anilines is 1. The van der Waals surface area contributed by atoms with Crippen LogP contribution >= 0.6 is 0 Å². The number of carbonyl (C=O) groups excluding carboxylic acids is 3. The molecule has 0 radical (unpaired) electrons. The Morgan fingerprint density at radius 3 is 2.41 bits per heavy atom. The normalized spacial score (nSPS) is 16.2. The summed E-state index contributed by atoms with van der Waals surface area (Å²) < 4.78 is 5.15. The number of nitro benzene ring substituents is 1. The molecule has 2 rings (SSSR count). The number of amides is 4. The molecule has 1 fully saturated rings. The summed E-state index contributed by atoms with van der Waals surface area (Å²) in [6.07, 6.45) is -0.615. The maximum absolute atomic E-state index is 12.9. The molecule has 0 aromatic heterocycles. The molecule has 0 atom stereocenters. The van der Waals surface area contributed by atoms with E-state index in [-0.39, 0.29) is 24.5 Å². The van der Waals surface area contributed by atoms with Crippen molar-refractivity contribution in [2.75, 3.05) is 18.0 Å². The molecule has 1 aliphatic heterocycles. The van der Waals surface area contributed by atoms with Crippen LogP contribution in [-0.2, 0) is 9.53 Å². The van der Waals surface area contributed by atoms with Crippen LogP contribution in [0.2, 0.25) is 0 Å². The van der Waals surface area contributed by atoms with Crippen LogP contribution in [0.5, 0.6) is 0 Å². The molecule has 1 aliphatic rings. The summed E-state index contributed by atoms with van der Waals surface area (Å²) in [5.74, 6) is -0.451. The van der Waals surface area contributed by atoms with Gasteiger partial charge in [0.05, 0.1) is 10.6 Å². The van der Waals surface area contributed by atoms with Gasteiger partial charge in [-0.15, -0.1) is 0 Å². The van der Waals surface area contributed by atoms with Gasteiger partial charge in [-0.25, -0.2) is 14.5 Å². The van der Waals surface area contributed by atoms with Crippen LogP contribution in [-0.4, -0.2) is 52.1 Å². The molecule has 1 saturated heterocycles. The van der Waals surface area contributed by atoms with Crippen molar-refractivity contribution >= 4 is 29.4 Å². The Bertz CT molecular complexity index is 859. The number of hydrogen-bond acceptors (Lipinski definition) is 6. The third-order valence-corrected chi connectivity index (χ3v) is 4.46. The molecule has 1 aromatic rings. The van der Waals surface area contributed by atoms with Gasteiger partial charge in [-0.3, -0.25) is 14.9 Å². The van der Waals surface area contributed by atoms with Crippen LogP contribution in [0, 0.1) is 17.0 Å². The summed E-state index contributed by atoms with van der Waals surface area (Å²) >= 11 is 0. The molecule has 1 N–H and O–H groups in total. The smallest absolute Gasteiger partial charge is 0.407 e. The number of nitrogens with one attached hydrogen (secondary N) is 1. The second-order valence-electron chi connectivity index (χ2n) is 8.29. The van der Waals surface area contributed by atoms with Gasteiger partial charge in [-0.2, -0.15) is 0 Å². The standard InChI is InChI=1S/C19H26N4O6/c1-12-11-13(7-8-14(12)23(27)28)22-15(24)19(5,6)21(17(22)26)10-9-20-16(25)29-18(2,3)4/h7-8,11H,9-10H2,1-6H3,(H,20,25). The average Bonchev–Trinajstić information content (AvgIpc) is 2.72. The molecule has 0 spiro atoms. The highest BCUT2D eigenvalue weighted by Crippen LogP contribution is 2.33. The van der Waals surface area contributed by atoms with Crippen LogP contribution in [0.4, 0.5) is 21.0 Å². The lowest BCUT2D eigenvalue weighted by Crippen LogP contribution is -2.47. The quantitative estimate of drug-likeness (QED) is 0.456. The van der Waals surface area contributed by atoms with E-state index in [4.69, 9.17) is 4.74 Å². The lowest BCUT2D eigenvalue weighted by molar-refractivity contribution is -0.385. The number of benzene rings is 1. The van der Waals surface area contributed by atoms with Gasteiger partial charge in [0.25, 0.3) is 11.6 Å². The van der Waals surface area contributed by atoms with E-state index in [9.17, 15) is 24.5 Å². The van der Waals surface area contributed by atoms with E-state index in [2.05, 4.69) is 5.32 Å². The van der Waals surface area contributed by atoms with E-state index in [1.807, 2.05) is 0 Å². The predicted octanol–water partition coefficient (Wildman–Crippen LogP) is 2.98. The molecular weight excluding hydrogens is 380 g/mol. The fourth-order valence-corrected chi connectivity index (χ4v) is 3.01. The third kappa shape index (κ3) is 4.64. The Balaban J connectivity index is 2.16. The second-order valence-corrected chi connectivity index (χ2v) is 8.29. The van der Waals surface area contributed by atoms with Gasteiger partial charge in [-0.1, -0.05) is 0 Å². The zero-order valence-corrected chi connectivity index (χ0v) is 17.4. The predicted molar refractivity (Wildman–Crippen MR) is 106 cm³/mol. The second kappa shape index (κ2) is 7.69. The molecule has 0 aliphatic carbocycles. The lowest BCUT2D eigenvalue weighted by Gasteiger charge is -2.28. The molecule has 158 valence electrons. The molecule has 10 heteroatoms. The van der Waals surface area contributed by atoms with Gasteiger partial charge in [0, 0.05) is 24.7 Å². The molecule has 29 heavy (non-hydrogen) atoms. The van der Waals surface area contributed by atoms with Crippen molar-refractivity contribution in [3.63, 3.8) is 0 Å². The number of imide groups is 1. The third-order valence-electron chi connectivity index (χ3n) is 4.46. The molecule has 0 bridgehead atoms. The molecule has 4 amide bonds. The van der Waals surface area contributed by atoms with E-state index >= 15 is 0 Å². The maximum Gasteiger partial charge on any atom is 0.407 e. The van der Waals surface area contributed by atoms with Crippen molar-refractivity contribution in [3.05, 3.63) is 33.9 Å². The maximum atomic E-state index is 12.9. The van der Waals surface area contributed by atoms with E-state index < -0.39 is 34.1 Å². The van der Waals surface area contributed by atoms with Crippen molar-refractivity contribution in [1.82, 2.24) is 10.2 Å². The molecule has 0 saturated carbocycles. The average molecular weight is 406 g/mol. The van der Waals surface area contributed by atoms with E-state index in [1.54, 1.807) is 41.5 Å². The Morgan fingerprint density at radius 2 is 1.90 bits per heavy atom. The number of urea groups is 1. The Labute approximate surface area is 168 Å². The molecule has 1 heterocycles. The fraction of sp³-hybridized carbons (Fsp3) is 0.526. The zero-order chi connectivity index (χ0) is 22.1. The Morgan fingerprint density at radius 1 is 1.28 bits per heavy atom. The highest BCUT2D eigenvalue weighted by atomic mass is 16.6. The number of aryl methyl sites for hydroxylation is 1. The minimum atomic E-state index is -1.14. The zero-order valence-electron chi connectivity index (χ0n) is 17.4. The summed E-state index contributed by atoms with van der Waals surface area (Å²) in [5, 5.41) is 13.6. The number of alkyl carbamates (subject to hydrolysis) is 1. The van der Waals surface area contributed by atoms with Crippen molar-refractivity contribution in [2.45, 2.75) is 52.7 Å². The van der Waals surface area contributed by atoms with E-state index in [1.165, 1.54) is 23.1 Å². The van der Waals surface area contributed by atoms with Gasteiger partial charge >= 0.3 is 12.1 Å². The highest BCUT2D eigenvalue weighted by molar-refractivity contribution is 6.23. The number of hydrogen-bond donors (Lipinski definition) is 1. The summed E-state index contributed by atoms with van der Waals surface area (Å²) in [6.45, 7) is 10.2. The number of nitrogens with zero attached hydrogens (tertiary/aromatic N) is 3. The summed E-state index contributed by atoms with van der Waals surface area (Å²) in [4.78, 5) is 50.4. The fourth-order valence-electron chi connectivity index (χ4n) is 3.01. The molecule has 1 aromatic carbocycles. The minimum Gasteiger partial charge on any atom is -0.444 e. The first-order valence-electron chi connectivity index (χ1n) is 9.14. The Hall–Kier alpha value is -3.17. The van der Waals surface area contributed by atoms with Crippen molar-refractivity contribution < 1.29 is 24.0 Å². The number of nitro groups is 1. The van der Waals surface area contributed by atoms with Gasteiger partial charge in [0.1, 0.15) is 11.1 Å². The first-order chi connectivity index (χ1) is 13.3. The molecular formula is C19H26N4O6. The van der Waals surface area contributed by atoms with E-state index in [0.717, 1.165) is 4.90 Å². The van der Waals surface area contributed by atoms with Gasteiger partial charge < -0.3 is 15.0 Å². The van der Waals surface area contributed by atoms with Gasteiger partial charge in [0.2, 0.25) is 0 Å². The van der Waals surface area contributed by atoms with Crippen LogP contribution in [0.1, 0.15) is 40.2 Å². The summed E-state index contributed by atoms with van der Waals surface area (Å²) in [7, 11) is 0. The van der Waals surface area contributed by atoms with Crippen LogP contribution in [0.25, 0.3) is 0 Å². The topological polar surface area (TPSA) is 122 Å². The highest BCUT2D eigenvalue weighted by Gasteiger charge is 2.51. The molecule has 10 nitrogen and oxygen atoms in total. The monoisotopic (exact) mass is 406 g/mol. The largest absolute Gasteiger partial charge is 0.444 e. The number of rotatable bonds is 5. The molecule has 0 unspecified atom stereocenters. The SMILES string of the molecule is Cc1cc(N2C(=O)N(CCNC(=O)OC(C)(C)C)C(C)(C)C2=O)ccc1[N+](=O)[O-]. The summed E-state index contributed by atoms with van der Waals surface area (Å²) in [5.41, 5.74) is -1.27. The van der Waals surface area contributed by atoms with Crippen molar-refractivity contribution in [3.8, 4) is 0 Å². The van der Waals surface area contributed by atoms with Gasteiger partial charge in [-0.05, 0) is 53.7 Å². The lowest BCUT2D eigenvalue weighted by atomic mass is 10.0. The first kappa shape index (κ1) is 22.1. The number of carbonyl (C=O) groups is 3. The van der Waals surface area contributed by atoms with Crippen molar-refractivity contribution in [2.24, 2.45) is 0 Å². The van der Waals surface area contributed by atoms with Crippen LogP contribution < -0.4 is 10.2 Å². The Kier molecular flexibility index (Phi) is 5.86. The van der Waals surface area contributed by atoms with Crippen LogP contribution in [0.15, 0.2) is 18.2 Å². The van der Waals surface area contributed by atoms with Crippen molar-refractivity contribution in [1.29, 1.82) is 0 Å². The summed E-state index contributed by atoms with van der Waals surface area (Å²) in [6, 6.07) is 3.52. The number of ether oxygens (including phenoxy) is 1. The minimum absolute atomic E-state index is 0.0921. The van der Waals surface area contributed by atoms with Crippen LogP contribution in [0.3, 0.4) is 0 Å². The first-order valence-corrected chi connectivity index (χ1v) is 9.14. The van der Waals surface area contributed by atoms with E-state index in [0.29, 0.717) is 5.56 Å².